The number of rotatable bonds is 9. The zero-order valence-electron chi connectivity index (χ0n) is 16.5. The molecule has 0 radical (unpaired) electrons. The predicted molar refractivity (Wildman–Crippen MR) is 109 cm³/mol. The molecule has 2 amide bonds. The molecular weight excluding hydrogens is 336 g/mol. The second-order valence-electron chi connectivity index (χ2n) is 7.06. The number of hydrogen-bond donors (Lipinski definition) is 1. The third-order valence-electron chi connectivity index (χ3n) is 4.48. The van der Waals surface area contributed by atoms with E-state index in [1.807, 2.05) is 74.5 Å². The van der Waals surface area contributed by atoms with Crippen LogP contribution in [0.2, 0.25) is 0 Å². The normalized spacial score (nSPS) is 11.9. The minimum absolute atomic E-state index is 0.0293. The van der Waals surface area contributed by atoms with E-state index in [0.717, 1.165) is 24.0 Å². The summed E-state index contributed by atoms with van der Waals surface area (Å²) in [5.41, 5.74) is 1.84. The SMILES string of the molecule is CCCCNC(=O)[C@H](c1ccccc1)N(Cc1ccccc1)C(=O)C(C)C. The highest BCUT2D eigenvalue weighted by molar-refractivity contribution is 5.89. The lowest BCUT2D eigenvalue weighted by Crippen LogP contribution is -2.45. The van der Waals surface area contributed by atoms with Crippen LogP contribution in [-0.2, 0) is 16.1 Å². The molecule has 0 heterocycles. The molecule has 0 bridgehead atoms. The lowest BCUT2D eigenvalue weighted by atomic mass is 10.0. The first-order chi connectivity index (χ1) is 13.0. The Morgan fingerprint density at radius 2 is 1.56 bits per heavy atom. The van der Waals surface area contributed by atoms with E-state index >= 15 is 0 Å². The van der Waals surface area contributed by atoms with Crippen molar-refractivity contribution < 1.29 is 9.59 Å². The molecule has 0 saturated carbocycles. The molecule has 2 aromatic rings. The van der Waals surface area contributed by atoms with Gasteiger partial charge in [0.15, 0.2) is 0 Å². The summed E-state index contributed by atoms with van der Waals surface area (Å²) in [6.07, 6.45) is 1.93. The molecular formula is C23H30N2O2. The van der Waals surface area contributed by atoms with Crippen molar-refractivity contribution in [1.82, 2.24) is 10.2 Å². The Bertz CT molecular complexity index is 714. The minimum atomic E-state index is -0.641. The van der Waals surface area contributed by atoms with Crippen LogP contribution in [0.4, 0.5) is 0 Å². The van der Waals surface area contributed by atoms with Crippen molar-refractivity contribution in [2.75, 3.05) is 6.54 Å². The molecule has 0 saturated heterocycles. The zero-order valence-corrected chi connectivity index (χ0v) is 16.5. The van der Waals surface area contributed by atoms with Gasteiger partial charge in [-0.2, -0.15) is 0 Å². The van der Waals surface area contributed by atoms with Crippen LogP contribution in [0, 0.1) is 5.92 Å². The summed E-state index contributed by atoms with van der Waals surface area (Å²) in [5, 5.41) is 3.01. The Morgan fingerprint density at radius 1 is 0.963 bits per heavy atom. The Labute approximate surface area is 162 Å². The van der Waals surface area contributed by atoms with Crippen molar-refractivity contribution in [3.63, 3.8) is 0 Å². The molecule has 2 rings (SSSR count). The lowest BCUT2D eigenvalue weighted by Gasteiger charge is -2.33. The third kappa shape index (κ3) is 5.95. The summed E-state index contributed by atoms with van der Waals surface area (Å²) in [6.45, 7) is 6.85. The maximum Gasteiger partial charge on any atom is 0.247 e. The van der Waals surface area contributed by atoms with Gasteiger partial charge in [-0.15, -0.1) is 0 Å². The first-order valence-corrected chi connectivity index (χ1v) is 9.71. The fraction of sp³-hybridized carbons (Fsp3) is 0.391. The van der Waals surface area contributed by atoms with Crippen molar-refractivity contribution in [2.45, 2.75) is 46.2 Å². The van der Waals surface area contributed by atoms with E-state index in [1.54, 1.807) is 4.90 Å². The van der Waals surface area contributed by atoms with Crippen molar-refractivity contribution >= 4 is 11.8 Å². The average Bonchev–Trinajstić information content (AvgIpc) is 2.68. The molecule has 4 heteroatoms. The minimum Gasteiger partial charge on any atom is -0.354 e. The average molecular weight is 367 g/mol. The van der Waals surface area contributed by atoms with Gasteiger partial charge in [0, 0.05) is 19.0 Å². The number of nitrogens with one attached hydrogen (secondary N) is 1. The van der Waals surface area contributed by atoms with Crippen LogP contribution in [0.5, 0.6) is 0 Å². The van der Waals surface area contributed by atoms with E-state index in [9.17, 15) is 9.59 Å². The summed E-state index contributed by atoms with van der Waals surface area (Å²) >= 11 is 0. The van der Waals surface area contributed by atoms with Gasteiger partial charge in [0.1, 0.15) is 6.04 Å². The molecule has 1 atom stereocenters. The fourth-order valence-electron chi connectivity index (χ4n) is 3.00. The highest BCUT2D eigenvalue weighted by Crippen LogP contribution is 2.25. The lowest BCUT2D eigenvalue weighted by molar-refractivity contribution is -0.144. The Balaban J connectivity index is 2.38. The highest BCUT2D eigenvalue weighted by Gasteiger charge is 2.32. The molecule has 0 aliphatic heterocycles. The summed E-state index contributed by atoms with van der Waals surface area (Å²) in [7, 11) is 0. The second-order valence-corrected chi connectivity index (χ2v) is 7.06. The summed E-state index contributed by atoms with van der Waals surface area (Å²) in [5.74, 6) is -0.346. The van der Waals surface area contributed by atoms with Gasteiger partial charge in [-0.05, 0) is 17.5 Å². The number of unbranched alkanes of at least 4 members (excludes halogenated alkanes) is 1. The maximum atomic E-state index is 13.1. The molecule has 0 unspecified atom stereocenters. The molecule has 0 aliphatic rings. The molecule has 2 aromatic carbocycles. The second kappa shape index (κ2) is 10.5. The van der Waals surface area contributed by atoms with Gasteiger partial charge in [-0.3, -0.25) is 9.59 Å². The molecule has 0 spiro atoms. The summed E-state index contributed by atoms with van der Waals surface area (Å²) in [4.78, 5) is 27.8. The first kappa shape index (κ1) is 20.7. The van der Waals surface area contributed by atoms with Crippen LogP contribution >= 0.6 is 0 Å². The van der Waals surface area contributed by atoms with E-state index in [1.165, 1.54) is 0 Å². The van der Waals surface area contributed by atoms with Crippen LogP contribution in [0.1, 0.15) is 50.8 Å². The summed E-state index contributed by atoms with van der Waals surface area (Å²) < 4.78 is 0. The molecule has 1 N–H and O–H groups in total. The molecule has 144 valence electrons. The topological polar surface area (TPSA) is 49.4 Å². The molecule has 0 fully saturated rings. The van der Waals surface area contributed by atoms with E-state index in [-0.39, 0.29) is 17.7 Å². The molecule has 0 aliphatic carbocycles. The monoisotopic (exact) mass is 366 g/mol. The Hall–Kier alpha value is -2.62. The standard InChI is InChI=1S/C23H30N2O2/c1-4-5-16-24-22(26)21(20-14-10-7-11-15-20)25(23(27)18(2)3)17-19-12-8-6-9-13-19/h6-15,18,21H,4-5,16-17H2,1-3H3,(H,24,26)/t21-/m0/s1. The number of amides is 2. The van der Waals surface area contributed by atoms with Crippen LogP contribution in [0.25, 0.3) is 0 Å². The van der Waals surface area contributed by atoms with Gasteiger partial charge >= 0.3 is 0 Å². The number of benzene rings is 2. The van der Waals surface area contributed by atoms with Crippen LogP contribution in [0.15, 0.2) is 60.7 Å². The quantitative estimate of drug-likeness (QED) is 0.672. The predicted octanol–water partition coefficient (Wildman–Crippen LogP) is 4.33. The van der Waals surface area contributed by atoms with Crippen LogP contribution < -0.4 is 5.32 Å². The maximum absolute atomic E-state index is 13.1. The largest absolute Gasteiger partial charge is 0.354 e. The van der Waals surface area contributed by atoms with E-state index < -0.39 is 6.04 Å². The zero-order chi connectivity index (χ0) is 19.6. The van der Waals surface area contributed by atoms with Crippen molar-refractivity contribution in [2.24, 2.45) is 5.92 Å². The number of carbonyl (C=O) groups excluding carboxylic acids is 2. The fourth-order valence-corrected chi connectivity index (χ4v) is 3.00. The smallest absolute Gasteiger partial charge is 0.247 e. The van der Waals surface area contributed by atoms with Crippen molar-refractivity contribution in [3.05, 3.63) is 71.8 Å². The van der Waals surface area contributed by atoms with E-state index in [0.29, 0.717) is 13.1 Å². The van der Waals surface area contributed by atoms with Gasteiger partial charge < -0.3 is 10.2 Å². The van der Waals surface area contributed by atoms with Gasteiger partial charge in [-0.1, -0.05) is 87.9 Å². The van der Waals surface area contributed by atoms with Gasteiger partial charge in [0.2, 0.25) is 11.8 Å². The van der Waals surface area contributed by atoms with E-state index in [4.69, 9.17) is 0 Å². The van der Waals surface area contributed by atoms with Crippen LogP contribution in [-0.4, -0.2) is 23.3 Å². The van der Waals surface area contributed by atoms with Gasteiger partial charge in [0.25, 0.3) is 0 Å². The van der Waals surface area contributed by atoms with Gasteiger partial charge in [0.05, 0.1) is 0 Å². The van der Waals surface area contributed by atoms with E-state index in [2.05, 4.69) is 12.2 Å². The molecule has 27 heavy (non-hydrogen) atoms. The molecule has 4 nitrogen and oxygen atoms in total. The number of nitrogens with zero attached hydrogens (tertiary/aromatic N) is 1. The Kier molecular flexibility index (Phi) is 8.05. The van der Waals surface area contributed by atoms with Crippen LogP contribution in [0.3, 0.4) is 0 Å². The molecule has 0 aromatic heterocycles. The Morgan fingerprint density at radius 3 is 2.11 bits per heavy atom. The first-order valence-electron chi connectivity index (χ1n) is 9.71. The van der Waals surface area contributed by atoms with Crippen molar-refractivity contribution in [1.29, 1.82) is 0 Å². The van der Waals surface area contributed by atoms with Crippen molar-refractivity contribution in [3.8, 4) is 0 Å². The third-order valence-corrected chi connectivity index (χ3v) is 4.48. The highest BCUT2D eigenvalue weighted by atomic mass is 16.2. The van der Waals surface area contributed by atoms with Gasteiger partial charge in [-0.25, -0.2) is 0 Å². The number of carbonyl (C=O) groups is 2. The number of hydrogen-bond acceptors (Lipinski definition) is 2. The summed E-state index contributed by atoms with van der Waals surface area (Å²) in [6, 6.07) is 18.7.